The highest BCUT2D eigenvalue weighted by molar-refractivity contribution is 5.81. The fourth-order valence-corrected chi connectivity index (χ4v) is 8.00. The second-order valence-electron chi connectivity index (χ2n) is 15.3. The molecule has 4 rings (SSSR count). The predicted octanol–water partition coefficient (Wildman–Crippen LogP) is -3.02. The van der Waals surface area contributed by atoms with E-state index in [4.69, 9.17) is 43.4 Å². The molecule has 24 heteroatoms. The minimum atomic E-state index is -2.30. The summed E-state index contributed by atoms with van der Waals surface area (Å²) in [4.78, 5) is 40.3. The van der Waals surface area contributed by atoms with Crippen molar-refractivity contribution in [3.8, 4) is 0 Å². The Labute approximate surface area is 345 Å². The summed E-state index contributed by atoms with van der Waals surface area (Å²) < 4.78 is 43.5. The van der Waals surface area contributed by atoms with E-state index in [0.29, 0.717) is 45.2 Å². The normalized spacial score (nSPS) is 37.6. The minimum Gasteiger partial charge on any atom is -0.464 e. The van der Waals surface area contributed by atoms with Crippen molar-refractivity contribution in [2.75, 3.05) is 53.7 Å². The number of azide groups is 1. The smallest absolute Gasteiger partial charge is 0.407 e. The number of fused-ring (bicyclic) bond motifs is 1. The first kappa shape index (κ1) is 49.6. The fraction of sp³-hybridized carbons (Fsp3) is 0.917. The highest BCUT2D eigenvalue weighted by atomic mass is 16.8. The molecule has 0 aromatic rings. The minimum absolute atomic E-state index is 0.0285. The number of nitrogens with zero attached hydrogens (tertiary/aromatic N) is 3. The van der Waals surface area contributed by atoms with Crippen molar-refractivity contribution in [1.82, 2.24) is 10.6 Å². The third kappa shape index (κ3) is 10.9. The molecule has 16 atom stereocenters. The molecule has 0 aromatic carbocycles. The molecular weight excluding hydrogens is 806 g/mol. The lowest BCUT2D eigenvalue weighted by Crippen LogP contribution is -2.96. The van der Waals surface area contributed by atoms with Crippen LogP contribution >= 0.6 is 0 Å². The Kier molecular flexibility index (Phi) is 18.9. The Bertz CT molecular complexity index is 1430. The molecule has 60 heavy (non-hydrogen) atoms. The number of rotatable bonds is 24. The maximum atomic E-state index is 12.9. The molecule has 0 aromatic heterocycles. The molecule has 9 unspecified atom stereocenters. The molecule has 0 radical (unpaired) electrons. The van der Waals surface area contributed by atoms with E-state index in [-0.39, 0.29) is 25.4 Å². The molecule has 2 aliphatic heterocycles. The van der Waals surface area contributed by atoms with Gasteiger partial charge in [-0.3, -0.25) is 4.79 Å². The van der Waals surface area contributed by atoms with Crippen molar-refractivity contribution in [3.05, 3.63) is 10.4 Å². The van der Waals surface area contributed by atoms with Gasteiger partial charge in [0.2, 0.25) is 5.91 Å². The van der Waals surface area contributed by atoms with Gasteiger partial charge in [-0.2, -0.15) is 0 Å². The Hall–Kier alpha value is -3.04. The Morgan fingerprint density at radius 3 is 2.35 bits per heavy atom. The van der Waals surface area contributed by atoms with Crippen LogP contribution in [0.5, 0.6) is 0 Å². The lowest BCUT2D eigenvalue weighted by Gasteiger charge is -2.70. The standard InChI is InChI=1S/C36H61N5O19/c1-4-55-31(50)19(10-7-9-12-38-22(43)11-6-5-8-13-39-41-37)40-34(51)57-17-35-29(48)30(49)36(35,52)33(60-35)56-16-18-14-20(24(45)27(53-2)23(18)44)58-28-25(46)21(15-42)59-32(54-3)26(28)47/h18-21,23-30,32-33,42,44-49,52H,4-17H2,1-3H3,(H,38,43)(H,40,51)/t18?,19-,20+,21?,23+,24?,25+,26?,27?,28?,29-,30?,32+,33+,35?,36?/m0/s1. The topological polar surface area (TPSA) is 360 Å². The van der Waals surface area contributed by atoms with Crippen LogP contribution in [0.3, 0.4) is 0 Å². The number of hydrogen-bond donors (Lipinski definition) is 10. The molecule has 0 spiro atoms. The van der Waals surface area contributed by atoms with E-state index >= 15 is 0 Å². The van der Waals surface area contributed by atoms with Gasteiger partial charge in [0.05, 0.1) is 32.0 Å². The molecule has 4 fully saturated rings. The van der Waals surface area contributed by atoms with Gasteiger partial charge in [0, 0.05) is 44.6 Å². The summed E-state index contributed by atoms with van der Waals surface area (Å²) in [7, 11) is 2.47. The monoisotopic (exact) mass is 867 g/mol. The molecule has 2 saturated carbocycles. The van der Waals surface area contributed by atoms with Gasteiger partial charge in [0.1, 0.15) is 61.5 Å². The highest BCUT2D eigenvalue weighted by Crippen LogP contribution is 2.58. The number of carbonyl (C=O) groups is 3. The van der Waals surface area contributed by atoms with E-state index in [1.807, 2.05) is 0 Å². The lowest BCUT2D eigenvalue weighted by molar-refractivity contribution is -0.523. The molecule has 2 heterocycles. The van der Waals surface area contributed by atoms with E-state index in [1.54, 1.807) is 6.92 Å². The molecule has 344 valence electrons. The van der Waals surface area contributed by atoms with Crippen molar-refractivity contribution in [1.29, 1.82) is 0 Å². The molecule has 2 aliphatic carbocycles. The van der Waals surface area contributed by atoms with Crippen LogP contribution in [-0.4, -0.2) is 203 Å². The van der Waals surface area contributed by atoms with Crippen LogP contribution < -0.4 is 10.6 Å². The molecule has 2 amide bonds. The zero-order valence-electron chi connectivity index (χ0n) is 33.9. The number of nitrogens with one attached hydrogen (secondary N) is 2. The van der Waals surface area contributed by atoms with Crippen LogP contribution in [0.15, 0.2) is 5.11 Å². The third-order valence-electron chi connectivity index (χ3n) is 11.5. The zero-order chi connectivity index (χ0) is 44.2. The second-order valence-corrected chi connectivity index (χ2v) is 15.3. The van der Waals surface area contributed by atoms with Crippen LogP contribution in [0, 0.1) is 5.92 Å². The van der Waals surface area contributed by atoms with Gasteiger partial charge < -0.3 is 89.4 Å². The average Bonchev–Trinajstić information content (AvgIpc) is 3.23. The summed E-state index contributed by atoms with van der Waals surface area (Å²) in [6, 6.07) is -1.14. The largest absolute Gasteiger partial charge is 0.464 e. The molecule has 24 nitrogen and oxygen atoms in total. The number of hydrogen-bond acceptors (Lipinski definition) is 20. The summed E-state index contributed by atoms with van der Waals surface area (Å²) >= 11 is 0. The summed E-state index contributed by atoms with van der Waals surface area (Å²) in [6.45, 7) is 0.499. The maximum absolute atomic E-state index is 12.9. The first-order chi connectivity index (χ1) is 28.6. The first-order valence-electron chi connectivity index (χ1n) is 20.1. The van der Waals surface area contributed by atoms with Crippen LogP contribution in [-0.2, 0) is 47.5 Å². The van der Waals surface area contributed by atoms with E-state index in [0.717, 1.165) is 6.42 Å². The lowest BCUT2D eigenvalue weighted by atomic mass is 9.56. The number of methoxy groups -OCH3 is 2. The van der Waals surface area contributed by atoms with Crippen molar-refractivity contribution < 1.29 is 93.1 Å². The number of esters is 1. The van der Waals surface area contributed by atoms with Crippen molar-refractivity contribution in [2.45, 2.75) is 149 Å². The highest BCUT2D eigenvalue weighted by Gasteiger charge is 2.85. The predicted molar refractivity (Wildman–Crippen MR) is 199 cm³/mol. The van der Waals surface area contributed by atoms with Gasteiger partial charge in [-0.05, 0) is 51.0 Å². The van der Waals surface area contributed by atoms with Crippen LogP contribution in [0.25, 0.3) is 10.4 Å². The quantitative estimate of drug-likeness (QED) is 0.0152. The van der Waals surface area contributed by atoms with Crippen molar-refractivity contribution >= 4 is 18.0 Å². The van der Waals surface area contributed by atoms with Gasteiger partial charge in [-0.25, -0.2) is 9.59 Å². The number of aliphatic hydroxyl groups excluding tert-OH is 7. The second kappa shape index (κ2) is 22.9. The molecule has 10 N–H and O–H groups in total. The average molecular weight is 868 g/mol. The molecule has 0 bridgehead atoms. The van der Waals surface area contributed by atoms with Crippen LogP contribution in [0.4, 0.5) is 4.79 Å². The van der Waals surface area contributed by atoms with Crippen LogP contribution in [0.2, 0.25) is 0 Å². The molecule has 2 saturated heterocycles. The number of amides is 2. The van der Waals surface area contributed by atoms with E-state index < -0.39 is 129 Å². The Morgan fingerprint density at radius 1 is 0.933 bits per heavy atom. The zero-order valence-corrected chi connectivity index (χ0v) is 33.9. The summed E-state index contributed by atoms with van der Waals surface area (Å²) in [6.07, 6.45) is -15.3. The number of ether oxygens (including phenoxy) is 8. The van der Waals surface area contributed by atoms with Gasteiger partial charge in [0.25, 0.3) is 0 Å². The van der Waals surface area contributed by atoms with Crippen molar-refractivity contribution in [2.24, 2.45) is 11.0 Å². The number of alkyl carbamates (subject to hydrolysis) is 1. The molecular formula is C36H61N5O19. The number of unbranched alkanes of at least 4 members (excludes halogenated alkanes) is 3. The third-order valence-corrected chi connectivity index (χ3v) is 11.5. The van der Waals surface area contributed by atoms with Gasteiger partial charge in [0.15, 0.2) is 23.8 Å². The SMILES string of the molecule is CCOC(=O)[C@H](CCCCNC(=O)CCCCCN=[N+]=[N-])NC(=O)OCC12O[C@@H](OCC3C[C@@H](OC4C(O)[C@H](OC)OC(CO)[C@H]4O)C(O)C(OC)[C@@H]3O)C1(O)C(O)[C@@H]2O. The fourth-order valence-electron chi connectivity index (χ4n) is 8.00. The summed E-state index contributed by atoms with van der Waals surface area (Å²) in [5.74, 6) is -1.79. The number of carbonyl (C=O) groups excluding carboxylic acids is 3. The number of aliphatic hydroxyl groups is 8. The van der Waals surface area contributed by atoms with Gasteiger partial charge in [-0.1, -0.05) is 11.5 Å². The van der Waals surface area contributed by atoms with E-state index in [2.05, 4.69) is 20.7 Å². The van der Waals surface area contributed by atoms with Gasteiger partial charge in [-0.15, -0.1) is 0 Å². The van der Waals surface area contributed by atoms with Crippen LogP contribution in [0.1, 0.15) is 58.3 Å². The first-order valence-corrected chi connectivity index (χ1v) is 20.1. The van der Waals surface area contributed by atoms with Gasteiger partial charge >= 0.3 is 12.1 Å². The van der Waals surface area contributed by atoms with Crippen molar-refractivity contribution in [3.63, 3.8) is 0 Å². The Balaban J connectivity index is 1.28. The molecule has 4 aliphatic rings. The van der Waals surface area contributed by atoms with E-state index in [1.165, 1.54) is 14.2 Å². The summed E-state index contributed by atoms with van der Waals surface area (Å²) in [5.41, 5.74) is 3.97. The van der Waals surface area contributed by atoms with E-state index in [9.17, 15) is 55.2 Å². The Morgan fingerprint density at radius 2 is 1.68 bits per heavy atom. The maximum Gasteiger partial charge on any atom is 0.407 e. The summed E-state index contributed by atoms with van der Waals surface area (Å²) in [5, 5.41) is 94.7.